The van der Waals surface area contributed by atoms with E-state index in [0.29, 0.717) is 24.0 Å². The first-order valence-electron chi connectivity index (χ1n) is 10.9. The number of Topliss-reactive ketones (excluding diaryl/α,β-unsaturated/α-hetero) is 2. The van der Waals surface area contributed by atoms with Gasteiger partial charge in [-0.1, -0.05) is 24.3 Å². The average molecular weight is 426 g/mol. The van der Waals surface area contributed by atoms with E-state index in [1.165, 1.54) is 20.6 Å². The normalized spacial score (nSPS) is 17.3. The van der Waals surface area contributed by atoms with E-state index in [4.69, 9.17) is 9.47 Å². The number of nitrogens with zero attached hydrogens (tertiary/aromatic N) is 1. The standard InChI is InChI=1S/C25H31NO5/c1-17-20(23(29)25(31-3)24(30-2)22(17)28)16-19-11-7-9-18(15-19)10-8-12-21(27)26-13-5-4-6-14-26/h7,9,11,15H,4-6,8,10,12-14,16H2,1-3H3. The number of likely N-dealkylation sites (tertiary alicyclic amines) is 1. The van der Waals surface area contributed by atoms with E-state index in [-0.39, 0.29) is 29.0 Å². The zero-order valence-corrected chi connectivity index (χ0v) is 18.7. The van der Waals surface area contributed by atoms with Gasteiger partial charge < -0.3 is 14.4 Å². The number of carbonyl (C=O) groups excluding carboxylic acids is 3. The minimum atomic E-state index is -0.318. The molecule has 6 nitrogen and oxygen atoms in total. The van der Waals surface area contributed by atoms with Crippen LogP contribution in [-0.4, -0.2) is 49.7 Å². The number of ketones is 2. The molecule has 31 heavy (non-hydrogen) atoms. The first-order chi connectivity index (χ1) is 15.0. The molecule has 1 amide bonds. The highest BCUT2D eigenvalue weighted by atomic mass is 16.5. The van der Waals surface area contributed by atoms with Crippen molar-refractivity contribution in [2.24, 2.45) is 0 Å². The van der Waals surface area contributed by atoms with Crippen molar-refractivity contribution in [2.45, 2.75) is 51.9 Å². The number of allylic oxidation sites excluding steroid dienone is 2. The van der Waals surface area contributed by atoms with Crippen LogP contribution in [0.1, 0.15) is 50.2 Å². The smallest absolute Gasteiger partial charge is 0.228 e. The third-order valence-corrected chi connectivity index (χ3v) is 6.03. The summed E-state index contributed by atoms with van der Waals surface area (Å²) < 4.78 is 10.2. The molecule has 2 aliphatic rings. The number of ether oxygens (including phenoxy) is 2. The van der Waals surface area contributed by atoms with Gasteiger partial charge in [-0.05, 0) is 50.2 Å². The third kappa shape index (κ3) is 5.24. The Bertz CT molecular complexity index is 922. The summed E-state index contributed by atoms with van der Waals surface area (Å²) >= 11 is 0. The van der Waals surface area contributed by atoms with Gasteiger partial charge in [0.05, 0.1) is 14.2 Å². The highest BCUT2D eigenvalue weighted by molar-refractivity contribution is 6.23. The summed E-state index contributed by atoms with van der Waals surface area (Å²) in [6.45, 7) is 3.42. The van der Waals surface area contributed by atoms with Gasteiger partial charge in [0, 0.05) is 37.1 Å². The van der Waals surface area contributed by atoms with Gasteiger partial charge in [0.15, 0.2) is 0 Å². The average Bonchev–Trinajstić information content (AvgIpc) is 2.79. The highest BCUT2D eigenvalue weighted by Gasteiger charge is 2.34. The Morgan fingerprint density at radius 3 is 2.29 bits per heavy atom. The molecule has 1 aromatic carbocycles. The number of rotatable bonds is 8. The first-order valence-corrected chi connectivity index (χ1v) is 10.9. The second-order valence-electron chi connectivity index (χ2n) is 8.12. The van der Waals surface area contributed by atoms with Crippen LogP contribution in [0.5, 0.6) is 0 Å². The lowest BCUT2D eigenvalue weighted by atomic mass is 9.88. The zero-order chi connectivity index (χ0) is 22.4. The SMILES string of the molecule is COC1=C(OC)C(=O)C(Cc2cccc(CCCC(=O)N3CCCCC3)c2)=C(C)C1=O. The molecule has 0 unspecified atom stereocenters. The Labute approximate surface area is 183 Å². The van der Waals surface area contributed by atoms with Crippen molar-refractivity contribution in [3.05, 3.63) is 58.1 Å². The van der Waals surface area contributed by atoms with Gasteiger partial charge in [-0.2, -0.15) is 0 Å². The van der Waals surface area contributed by atoms with Crippen molar-refractivity contribution in [1.29, 1.82) is 0 Å². The Morgan fingerprint density at radius 2 is 1.61 bits per heavy atom. The summed E-state index contributed by atoms with van der Waals surface area (Å²) in [5, 5.41) is 0. The number of hydrogen-bond donors (Lipinski definition) is 0. The minimum Gasteiger partial charge on any atom is -0.489 e. The summed E-state index contributed by atoms with van der Waals surface area (Å²) in [7, 11) is 2.72. The number of methoxy groups -OCH3 is 2. The Morgan fingerprint density at radius 1 is 0.968 bits per heavy atom. The van der Waals surface area contributed by atoms with E-state index in [9.17, 15) is 14.4 Å². The molecule has 6 heteroatoms. The topological polar surface area (TPSA) is 72.9 Å². The number of hydrogen-bond acceptors (Lipinski definition) is 5. The summed E-state index contributed by atoms with van der Waals surface area (Å²) in [5.41, 5.74) is 2.89. The van der Waals surface area contributed by atoms with Crippen LogP contribution >= 0.6 is 0 Å². The second-order valence-corrected chi connectivity index (χ2v) is 8.12. The molecule has 1 aliphatic carbocycles. The summed E-state index contributed by atoms with van der Waals surface area (Å²) in [4.78, 5) is 39.8. The lowest BCUT2D eigenvalue weighted by Gasteiger charge is -2.26. The summed E-state index contributed by atoms with van der Waals surface area (Å²) in [6.07, 6.45) is 5.94. The molecule has 0 N–H and O–H groups in total. The maximum absolute atomic E-state index is 12.9. The fourth-order valence-corrected chi connectivity index (χ4v) is 4.25. The van der Waals surface area contributed by atoms with Gasteiger partial charge in [-0.25, -0.2) is 0 Å². The van der Waals surface area contributed by atoms with Crippen LogP contribution in [0.15, 0.2) is 46.9 Å². The second kappa shape index (κ2) is 10.4. The molecule has 0 spiro atoms. The van der Waals surface area contributed by atoms with E-state index >= 15 is 0 Å². The van der Waals surface area contributed by atoms with Crippen molar-refractivity contribution >= 4 is 17.5 Å². The van der Waals surface area contributed by atoms with Crippen LogP contribution in [0.25, 0.3) is 0 Å². The van der Waals surface area contributed by atoms with Crippen molar-refractivity contribution in [2.75, 3.05) is 27.3 Å². The number of benzene rings is 1. The molecule has 3 rings (SSSR count). The van der Waals surface area contributed by atoms with Gasteiger partial charge >= 0.3 is 0 Å². The van der Waals surface area contributed by atoms with Crippen LogP contribution < -0.4 is 0 Å². The molecule has 0 saturated carbocycles. The largest absolute Gasteiger partial charge is 0.489 e. The maximum Gasteiger partial charge on any atom is 0.228 e. The fraction of sp³-hybridized carbons (Fsp3) is 0.480. The maximum atomic E-state index is 12.9. The molecule has 1 aliphatic heterocycles. The molecule has 0 atom stereocenters. The third-order valence-electron chi connectivity index (χ3n) is 6.03. The van der Waals surface area contributed by atoms with E-state index in [1.807, 2.05) is 29.2 Å². The van der Waals surface area contributed by atoms with Crippen molar-refractivity contribution in [3.8, 4) is 0 Å². The van der Waals surface area contributed by atoms with E-state index < -0.39 is 0 Å². The van der Waals surface area contributed by atoms with Gasteiger partial charge in [0.1, 0.15) is 0 Å². The number of piperidine rings is 1. The molecule has 166 valence electrons. The highest BCUT2D eigenvalue weighted by Crippen LogP contribution is 2.28. The van der Waals surface area contributed by atoms with Crippen molar-refractivity contribution in [1.82, 2.24) is 4.90 Å². The quantitative estimate of drug-likeness (QED) is 0.596. The van der Waals surface area contributed by atoms with Crippen molar-refractivity contribution < 1.29 is 23.9 Å². The molecule has 1 saturated heterocycles. The monoisotopic (exact) mass is 425 g/mol. The number of aryl methyl sites for hydroxylation is 1. The fourth-order valence-electron chi connectivity index (χ4n) is 4.25. The van der Waals surface area contributed by atoms with Crippen LogP contribution in [0.2, 0.25) is 0 Å². The Kier molecular flexibility index (Phi) is 7.66. The van der Waals surface area contributed by atoms with Crippen LogP contribution in [0.4, 0.5) is 0 Å². The van der Waals surface area contributed by atoms with E-state index in [0.717, 1.165) is 49.9 Å². The van der Waals surface area contributed by atoms with Gasteiger partial charge in [-0.3, -0.25) is 14.4 Å². The molecule has 1 heterocycles. The molecule has 1 aromatic rings. The lowest BCUT2D eigenvalue weighted by Crippen LogP contribution is -2.35. The molecule has 1 fully saturated rings. The molecule has 0 bridgehead atoms. The van der Waals surface area contributed by atoms with Crippen molar-refractivity contribution in [3.63, 3.8) is 0 Å². The molecule has 0 radical (unpaired) electrons. The Hall–Kier alpha value is -2.89. The summed E-state index contributed by atoms with van der Waals surface area (Å²) in [6, 6.07) is 7.98. The Balaban J connectivity index is 1.64. The number of carbonyl (C=O) groups is 3. The van der Waals surface area contributed by atoms with Crippen LogP contribution in [0.3, 0.4) is 0 Å². The predicted octanol–water partition coefficient (Wildman–Crippen LogP) is 3.54. The van der Waals surface area contributed by atoms with E-state index in [2.05, 4.69) is 0 Å². The molecular formula is C25H31NO5. The predicted molar refractivity (Wildman–Crippen MR) is 117 cm³/mol. The van der Waals surface area contributed by atoms with Gasteiger partial charge in [0.2, 0.25) is 29.0 Å². The van der Waals surface area contributed by atoms with E-state index in [1.54, 1.807) is 6.92 Å². The van der Waals surface area contributed by atoms with Gasteiger partial charge in [0.25, 0.3) is 0 Å². The molecular weight excluding hydrogens is 394 g/mol. The lowest BCUT2D eigenvalue weighted by molar-refractivity contribution is -0.132. The zero-order valence-electron chi connectivity index (χ0n) is 18.7. The minimum absolute atomic E-state index is 0.0409. The first kappa shape index (κ1) is 22.8. The number of amides is 1. The van der Waals surface area contributed by atoms with Gasteiger partial charge in [-0.15, -0.1) is 0 Å². The van der Waals surface area contributed by atoms with Crippen LogP contribution in [-0.2, 0) is 36.7 Å². The molecule has 0 aromatic heterocycles. The van der Waals surface area contributed by atoms with Crippen LogP contribution in [0, 0.1) is 0 Å². The summed E-state index contributed by atoms with van der Waals surface area (Å²) in [5.74, 6) is -0.465.